The monoisotopic (exact) mass is 316 g/mol. The summed E-state index contributed by atoms with van der Waals surface area (Å²) in [5.74, 6) is 0.861. The number of nitrogens with zero attached hydrogens (tertiary/aromatic N) is 2. The quantitative estimate of drug-likeness (QED) is 0.776. The van der Waals surface area contributed by atoms with Gasteiger partial charge in [0.05, 0.1) is 5.69 Å². The highest BCUT2D eigenvalue weighted by Crippen LogP contribution is 2.20. The molecule has 3 rings (SSSR count). The van der Waals surface area contributed by atoms with Gasteiger partial charge in [0, 0.05) is 11.4 Å². The number of benzene rings is 1. The van der Waals surface area contributed by atoms with Crippen LogP contribution >= 0.6 is 11.6 Å². The lowest BCUT2D eigenvalue weighted by molar-refractivity contribution is 0.812. The van der Waals surface area contributed by atoms with Crippen LogP contribution in [0.4, 0.5) is 0 Å². The van der Waals surface area contributed by atoms with E-state index >= 15 is 0 Å². The van der Waals surface area contributed by atoms with E-state index < -0.39 is 0 Å². The average Bonchev–Trinajstić information content (AvgIpc) is 2.91. The zero-order valence-corrected chi connectivity index (χ0v) is 13.2. The lowest BCUT2D eigenvalue weighted by Crippen LogP contribution is -2.12. The molecular weight excluding hydrogens is 300 g/mol. The van der Waals surface area contributed by atoms with Gasteiger partial charge in [0.1, 0.15) is 16.9 Å². The van der Waals surface area contributed by atoms with Gasteiger partial charge in [-0.25, -0.2) is 4.98 Å². The third-order valence-electron chi connectivity index (χ3n) is 3.64. The van der Waals surface area contributed by atoms with Crippen LogP contribution in [0.15, 0.2) is 29.1 Å². The Morgan fingerprint density at radius 2 is 2.00 bits per heavy atom. The zero-order chi connectivity index (χ0) is 15.7. The molecule has 6 heteroatoms. The fourth-order valence-electron chi connectivity index (χ4n) is 2.45. The van der Waals surface area contributed by atoms with E-state index in [0.29, 0.717) is 23.3 Å². The van der Waals surface area contributed by atoms with Crippen LogP contribution in [0.25, 0.3) is 11.0 Å². The number of rotatable bonds is 4. The van der Waals surface area contributed by atoms with Crippen LogP contribution in [0, 0.1) is 0 Å². The van der Waals surface area contributed by atoms with Crippen molar-refractivity contribution in [2.24, 2.45) is 0 Å². The summed E-state index contributed by atoms with van der Waals surface area (Å²) in [6, 6.07) is 7.70. The Kier molecular flexibility index (Phi) is 3.98. The number of aromatic nitrogens is 4. The van der Waals surface area contributed by atoms with Crippen molar-refractivity contribution in [3.8, 4) is 0 Å². The molecule has 0 unspecified atom stereocenters. The van der Waals surface area contributed by atoms with Gasteiger partial charge in [0.15, 0.2) is 0 Å². The zero-order valence-electron chi connectivity index (χ0n) is 12.5. The van der Waals surface area contributed by atoms with Crippen molar-refractivity contribution in [2.45, 2.75) is 32.6 Å². The first-order valence-electron chi connectivity index (χ1n) is 7.27. The van der Waals surface area contributed by atoms with Gasteiger partial charge in [0.2, 0.25) is 0 Å². The second-order valence-corrected chi connectivity index (χ2v) is 6.00. The van der Waals surface area contributed by atoms with E-state index in [2.05, 4.69) is 20.2 Å². The predicted octanol–water partition coefficient (Wildman–Crippen LogP) is 3.21. The number of nitrogens with one attached hydrogen (secondary N) is 2. The molecule has 1 aromatic carbocycles. The standard InChI is InChI=1S/C16H17ClN4O/c1-9(2)13-14-15(21-20-13)16(22)19-12(18-14)8-7-10-5-3-4-6-11(10)17/h3-6,9H,7-8H2,1-2H3,(H,20,21)(H,18,19,22). The minimum atomic E-state index is -0.182. The summed E-state index contributed by atoms with van der Waals surface area (Å²) in [5, 5.41) is 7.70. The van der Waals surface area contributed by atoms with E-state index in [9.17, 15) is 4.79 Å². The Balaban J connectivity index is 1.93. The Bertz CT molecular complexity index is 866. The van der Waals surface area contributed by atoms with Crippen LogP contribution in [-0.4, -0.2) is 20.2 Å². The van der Waals surface area contributed by atoms with Crippen LogP contribution in [0.2, 0.25) is 5.02 Å². The smallest absolute Gasteiger partial charge is 0.276 e. The van der Waals surface area contributed by atoms with Gasteiger partial charge in [-0.05, 0) is 24.0 Å². The minimum Gasteiger partial charge on any atom is -0.309 e. The molecule has 0 aliphatic carbocycles. The van der Waals surface area contributed by atoms with Gasteiger partial charge in [-0.3, -0.25) is 9.89 Å². The van der Waals surface area contributed by atoms with Crippen LogP contribution in [0.3, 0.4) is 0 Å². The molecule has 0 atom stereocenters. The predicted molar refractivity (Wildman–Crippen MR) is 87.5 cm³/mol. The lowest BCUT2D eigenvalue weighted by atomic mass is 10.1. The van der Waals surface area contributed by atoms with Gasteiger partial charge in [-0.1, -0.05) is 43.6 Å². The van der Waals surface area contributed by atoms with Gasteiger partial charge in [-0.2, -0.15) is 5.10 Å². The highest BCUT2D eigenvalue weighted by atomic mass is 35.5. The molecular formula is C16H17ClN4O. The van der Waals surface area contributed by atoms with Crippen molar-refractivity contribution < 1.29 is 0 Å². The van der Waals surface area contributed by atoms with Gasteiger partial charge < -0.3 is 4.98 Å². The molecule has 5 nitrogen and oxygen atoms in total. The summed E-state index contributed by atoms with van der Waals surface area (Å²) in [6.45, 7) is 4.06. The van der Waals surface area contributed by atoms with Crippen LogP contribution in [-0.2, 0) is 12.8 Å². The number of H-pyrrole nitrogens is 2. The van der Waals surface area contributed by atoms with Crippen molar-refractivity contribution in [1.82, 2.24) is 20.2 Å². The largest absolute Gasteiger partial charge is 0.309 e. The third-order valence-corrected chi connectivity index (χ3v) is 4.00. The minimum absolute atomic E-state index is 0.182. The molecule has 0 aliphatic heterocycles. The molecule has 22 heavy (non-hydrogen) atoms. The average molecular weight is 317 g/mol. The summed E-state index contributed by atoms with van der Waals surface area (Å²) in [6.07, 6.45) is 1.35. The SMILES string of the molecule is CC(C)c1n[nH]c2c(=O)[nH]c(CCc3ccccc3Cl)nc12. The number of hydrogen-bond donors (Lipinski definition) is 2. The molecule has 0 radical (unpaired) electrons. The van der Waals surface area contributed by atoms with Gasteiger partial charge in [-0.15, -0.1) is 0 Å². The van der Waals surface area contributed by atoms with Crippen molar-refractivity contribution in [1.29, 1.82) is 0 Å². The normalized spacial score (nSPS) is 11.5. The summed E-state index contributed by atoms with van der Waals surface area (Å²) in [4.78, 5) is 19.5. The number of aryl methyl sites for hydroxylation is 2. The van der Waals surface area contributed by atoms with E-state index in [4.69, 9.17) is 11.6 Å². The maximum atomic E-state index is 12.1. The van der Waals surface area contributed by atoms with Crippen LogP contribution in [0.5, 0.6) is 0 Å². The number of hydrogen-bond acceptors (Lipinski definition) is 3. The molecule has 0 saturated heterocycles. The molecule has 2 aromatic heterocycles. The van der Waals surface area contributed by atoms with E-state index in [0.717, 1.165) is 22.7 Å². The Morgan fingerprint density at radius 1 is 1.23 bits per heavy atom. The van der Waals surface area contributed by atoms with Crippen molar-refractivity contribution in [3.05, 3.63) is 56.7 Å². The molecule has 3 aromatic rings. The van der Waals surface area contributed by atoms with Gasteiger partial charge in [0.25, 0.3) is 5.56 Å². The maximum Gasteiger partial charge on any atom is 0.276 e. The van der Waals surface area contributed by atoms with Crippen LogP contribution in [0.1, 0.15) is 36.8 Å². The first-order valence-corrected chi connectivity index (χ1v) is 7.64. The Labute approximate surface area is 132 Å². The Hall–Kier alpha value is -2.14. The van der Waals surface area contributed by atoms with Crippen LogP contribution < -0.4 is 5.56 Å². The number of halogens is 1. The summed E-state index contributed by atoms with van der Waals surface area (Å²) < 4.78 is 0. The molecule has 0 fully saturated rings. The fraction of sp³-hybridized carbons (Fsp3) is 0.312. The molecule has 114 valence electrons. The first kappa shape index (κ1) is 14.8. The summed E-state index contributed by atoms with van der Waals surface area (Å²) >= 11 is 6.16. The van der Waals surface area contributed by atoms with E-state index in [1.807, 2.05) is 38.1 Å². The molecule has 2 N–H and O–H groups in total. The van der Waals surface area contributed by atoms with Gasteiger partial charge >= 0.3 is 0 Å². The highest BCUT2D eigenvalue weighted by Gasteiger charge is 2.14. The second kappa shape index (κ2) is 5.93. The molecule has 2 heterocycles. The van der Waals surface area contributed by atoms with Crippen molar-refractivity contribution in [3.63, 3.8) is 0 Å². The van der Waals surface area contributed by atoms with E-state index in [1.54, 1.807) is 0 Å². The van der Waals surface area contributed by atoms with Crippen molar-refractivity contribution >= 4 is 22.6 Å². The molecule has 0 bridgehead atoms. The van der Waals surface area contributed by atoms with Crippen molar-refractivity contribution in [2.75, 3.05) is 0 Å². The van der Waals surface area contributed by atoms with E-state index in [-0.39, 0.29) is 11.5 Å². The summed E-state index contributed by atoms with van der Waals surface area (Å²) in [7, 11) is 0. The summed E-state index contributed by atoms with van der Waals surface area (Å²) in [5.41, 5.74) is 2.78. The Morgan fingerprint density at radius 3 is 2.73 bits per heavy atom. The molecule has 0 saturated carbocycles. The maximum absolute atomic E-state index is 12.1. The number of aromatic amines is 2. The second-order valence-electron chi connectivity index (χ2n) is 5.59. The molecule has 0 aliphatic rings. The molecule has 0 amide bonds. The number of fused-ring (bicyclic) bond motifs is 1. The first-order chi connectivity index (χ1) is 10.6. The third kappa shape index (κ3) is 2.76. The topological polar surface area (TPSA) is 74.4 Å². The fourth-order valence-corrected chi connectivity index (χ4v) is 2.68. The highest BCUT2D eigenvalue weighted by molar-refractivity contribution is 6.31. The molecule has 0 spiro atoms. The lowest BCUT2D eigenvalue weighted by Gasteiger charge is -2.05. The van der Waals surface area contributed by atoms with E-state index in [1.165, 1.54) is 0 Å².